The van der Waals surface area contributed by atoms with Crippen LogP contribution in [-0.2, 0) is 11.2 Å². The highest BCUT2D eigenvalue weighted by atomic mass is 35.5. The molecule has 9 heteroatoms. The average Bonchev–Trinajstić information content (AvgIpc) is 3.40. The summed E-state index contributed by atoms with van der Waals surface area (Å²) in [5.41, 5.74) is 2.40. The Kier molecular flexibility index (Phi) is 7.53. The van der Waals surface area contributed by atoms with Crippen LogP contribution in [0.25, 0.3) is 0 Å². The predicted molar refractivity (Wildman–Crippen MR) is 143 cm³/mol. The fourth-order valence-corrected chi connectivity index (χ4v) is 6.04. The molecule has 0 unspecified atom stereocenters. The molecule has 4 heterocycles. The molecule has 0 N–H and O–H groups in total. The van der Waals surface area contributed by atoms with Crippen LogP contribution in [0.1, 0.15) is 45.5 Å². The van der Waals surface area contributed by atoms with E-state index in [1.54, 1.807) is 11.3 Å². The Labute approximate surface area is 220 Å². The van der Waals surface area contributed by atoms with E-state index in [9.17, 15) is 9.59 Å². The molecule has 0 aliphatic carbocycles. The highest BCUT2D eigenvalue weighted by Crippen LogP contribution is 2.31. The third-order valence-electron chi connectivity index (χ3n) is 7.00. The van der Waals surface area contributed by atoms with E-state index in [0.29, 0.717) is 43.3 Å². The van der Waals surface area contributed by atoms with Crippen molar-refractivity contribution in [2.45, 2.75) is 32.1 Å². The first-order valence-corrected chi connectivity index (χ1v) is 13.7. The van der Waals surface area contributed by atoms with Gasteiger partial charge in [0, 0.05) is 61.3 Å². The smallest absolute Gasteiger partial charge is 0.273 e. The fraction of sp³-hybridized carbons (Fsp3) is 0.407. The van der Waals surface area contributed by atoms with Gasteiger partial charge in [-0.25, -0.2) is 9.97 Å². The summed E-state index contributed by atoms with van der Waals surface area (Å²) in [6.07, 6.45) is 2.04. The number of piperidine rings is 1. The molecular weight excluding hydrogens is 494 g/mol. The number of hydrogen-bond acceptors (Lipinski definition) is 6. The number of aromatic nitrogens is 2. The molecule has 188 valence electrons. The molecule has 36 heavy (non-hydrogen) atoms. The molecule has 2 aliphatic rings. The van der Waals surface area contributed by atoms with E-state index in [-0.39, 0.29) is 17.7 Å². The number of carbonyl (C=O) groups excluding carboxylic acids is 2. The van der Waals surface area contributed by atoms with Crippen LogP contribution >= 0.6 is 22.9 Å². The Morgan fingerprint density at radius 2 is 1.69 bits per heavy atom. The second-order valence-electron chi connectivity index (χ2n) is 9.41. The van der Waals surface area contributed by atoms with Crippen LogP contribution < -0.4 is 4.90 Å². The number of aryl methyl sites for hydroxylation is 1. The summed E-state index contributed by atoms with van der Waals surface area (Å²) in [5, 5.41) is 3.52. The van der Waals surface area contributed by atoms with Gasteiger partial charge in [-0.3, -0.25) is 9.59 Å². The van der Waals surface area contributed by atoms with Crippen molar-refractivity contribution in [3.8, 4) is 0 Å². The number of thiazole rings is 1. The van der Waals surface area contributed by atoms with Crippen LogP contribution in [0.3, 0.4) is 0 Å². The quantitative estimate of drug-likeness (QED) is 0.495. The SMILES string of the molecule is Cc1cccc(N2CCN(C(=O)c3csc(C4CCN(C(=O)Cc5ccccc5Cl)CC4)n3)CC2)n1. The van der Waals surface area contributed by atoms with E-state index in [0.717, 1.165) is 48.0 Å². The van der Waals surface area contributed by atoms with Gasteiger partial charge in [-0.05, 0) is 43.5 Å². The molecule has 0 saturated carbocycles. The molecule has 0 radical (unpaired) electrons. The molecule has 2 fully saturated rings. The topological polar surface area (TPSA) is 69.6 Å². The third-order valence-corrected chi connectivity index (χ3v) is 8.38. The van der Waals surface area contributed by atoms with Crippen molar-refractivity contribution >= 4 is 40.6 Å². The molecular formula is C27H30ClN5O2S. The zero-order valence-electron chi connectivity index (χ0n) is 20.4. The maximum absolute atomic E-state index is 13.1. The van der Waals surface area contributed by atoms with Gasteiger partial charge in [0.1, 0.15) is 11.5 Å². The summed E-state index contributed by atoms with van der Waals surface area (Å²) in [7, 11) is 0. The van der Waals surface area contributed by atoms with Crippen molar-refractivity contribution in [3.63, 3.8) is 0 Å². The molecule has 0 atom stereocenters. The van der Waals surface area contributed by atoms with E-state index in [1.165, 1.54) is 0 Å². The summed E-state index contributed by atoms with van der Waals surface area (Å²) in [4.78, 5) is 41.2. The summed E-state index contributed by atoms with van der Waals surface area (Å²) in [6.45, 7) is 6.24. The van der Waals surface area contributed by atoms with Gasteiger partial charge in [0.15, 0.2) is 0 Å². The van der Waals surface area contributed by atoms with Crippen LogP contribution in [0.2, 0.25) is 5.02 Å². The minimum atomic E-state index is 0.00158. The van der Waals surface area contributed by atoms with Gasteiger partial charge in [0.05, 0.1) is 11.4 Å². The van der Waals surface area contributed by atoms with Gasteiger partial charge < -0.3 is 14.7 Å². The second-order valence-corrected chi connectivity index (χ2v) is 10.7. The number of benzene rings is 1. The molecule has 1 aromatic carbocycles. The number of halogens is 1. The molecule has 0 bridgehead atoms. The van der Waals surface area contributed by atoms with Gasteiger partial charge in [-0.2, -0.15) is 0 Å². The summed E-state index contributed by atoms with van der Waals surface area (Å²) in [6, 6.07) is 13.5. The number of amides is 2. The molecule has 5 rings (SSSR count). The van der Waals surface area contributed by atoms with Crippen molar-refractivity contribution < 1.29 is 9.59 Å². The lowest BCUT2D eigenvalue weighted by atomic mass is 9.97. The number of likely N-dealkylation sites (tertiary alicyclic amines) is 1. The van der Waals surface area contributed by atoms with Crippen molar-refractivity contribution in [1.29, 1.82) is 0 Å². The summed E-state index contributed by atoms with van der Waals surface area (Å²) in [5.74, 6) is 1.36. The zero-order valence-corrected chi connectivity index (χ0v) is 22.0. The molecule has 2 aromatic heterocycles. The van der Waals surface area contributed by atoms with E-state index in [2.05, 4.69) is 9.88 Å². The van der Waals surface area contributed by atoms with E-state index in [1.807, 2.05) is 64.6 Å². The molecule has 2 amide bonds. The van der Waals surface area contributed by atoms with E-state index in [4.69, 9.17) is 16.6 Å². The Morgan fingerprint density at radius 1 is 0.944 bits per heavy atom. The Hall–Kier alpha value is -2.97. The predicted octanol–water partition coefficient (Wildman–Crippen LogP) is 4.41. The first kappa shape index (κ1) is 24.7. The van der Waals surface area contributed by atoms with E-state index >= 15 is 0 Å². The number of nitrogens with zero attached hydrogens (tertiary/aromatic N) is 5. The largest absolute Gasteiger partial charge is 0.353 e. The molecule has 0 spiro atoms. The summed E-state index contributed by atoms with van der Waals surface area (Å²) < 4.78 is 0. The van der Waals surface area contributed by atoms with Crippen LogP contribution in [-0.4, -0.2) is 70.9 Å². The monoisotopic (exact) mass is 523 g/mol. The van der Waals surface area contributed by atoms with Crippen LogP contribution in [0.5, 0.6) is 0 Å². The van der Waals surface area contributed by atoms with Gasteiger partial charge in [-0.15, -0.1) is 11.3 Å². The molecule has 2 aliphatic heterocycles. The van der Waals surface area contributed by atoms with Gasteiger partial charge in [0.25, 0.3) is 5.91 Å². The Balaban J connectivity index is 1.12. The fourth-order valence-electron chi connectivity index (χ4n) is 4.87. The van der Waals surface area contributed by atoms with Crippen LogP contribution in [0.4, 0.5) is 5.82 Å². The lowest BCUT2D eigenvalue weighted by Gasteiger charge is -2.35. The Morgan fingerprint density at radius 3 is 2.42 bits per heavy atom. The minimum absolute atomic E-state index is 0.00158. The van der Waals surface area contributed by atoms with Gasteiger partial charge in [0.2, 0.25) is 5.91 Å². The van der Waals surface area contributed by atoms with Gasteiger partial charge >= 0.3 is 0 Å². The molecule has 3 aromatic rings. The molecule has 7 nitrogen and oxygen atoms in total. The second kappa shape index (κ2) is 11.0. The first-order chi connectivity index (χ1) is 17.5. The minimum Gasteiger partial charge on any atom is -0.353 e. The number of piperazine rings is 1. The maximum Gasteiger partial charge on any atom is 0.273 e. The number of hydrogen-bond donors (Lipinski definition) is 0. The zero-order chi connectivity index (χ0) is 25.1. The van der Waals surface area contributed by atoms with Crippen molar-refractivity contribution in [1.82, 2.24) is 19.8 Å². The normalized spacial score (nSPS) is 16.9. The highest BCUT2D eigenvalue weighted by Gasteiger charge is 2.28. The average molecular weight is 524 g/mol. The number of pyridine rings is 1. The standard InChI is InChI=1S/C27H30ClN5O2S/c1-19-5-4-8-24(29-19)31-13-15-33(16-14-31)27(35)23-18-36-26(30-23)20-9-11-32(12-10-20)25(34)17-21-6-2-3-7-22(21)28/h2-8,18,20H,9-17H2,1H3. The van der Waals surface area contributed by atoms with Crippen molar-refractivity contribution in [3.05, 3.63) is 74.8 Å². The lowest BCUT2D eigenvalue weighted by Crippen LogP contribution is -2.49. The first-order valence-electron chi connectivity index (χ1n) is 12.4. The number of carbonyl (C=O) groups is 2. The summed E-state index contributed by atoms with van der Waals surface area (Å²) >= 11 is 7.78. The van der Waals surface area contributed by atoms with Crippen molar-refractivity contribution in [2.24, 2.45) is 0 Å². The molecule has 2 saturated heterocycles. The number of anilines is 1. The van der Waals surface area contributed by atoms with E-state index < -0.39 is 0 Å². The van der Waals surface area contributed by atoms with Crippen molar-refractivity contribution in [2.75, 3.05) is 44.2 Å². The van der Waals surface area contributed by atoms with Crippen LogP contribution in [0, 0.1) is 6.92 Å². The maximum atomic E-state index is 13.1. The lowest BCUT2D eigenvalue weighted by molar-refractivity contribution is -0.131. The highest BCUT2D eigenvalue weighted by molar-refractivity contribution is 7.09. The third kappa shape index (κ3) is 5.55. The van der Waals surface area contributed by atoms with Crippen LogP contribution in [0.15, 0.2) is 47.8 Å². The number of rotatable bonds is 5. The Bertz CT molecular complexity index is 1230. The van der Waals surface area contributed by atoms with Gasteiger partial charge in [-0.1, -0.05) is 35.9 Å².